The van der Waals surface area contributed by atoms with Crippen molar-refractivity contribution in [1.82, 2.24) is 5.32 Å². The Balaban J connectivity index is 1.44. The van der Waals surface area contributed by atoms with Crippen LogP contribution >= 0.6 is 0 Å². The van der Waals surface area contributed by atoms with Crippen LogP contribution in [0.15, 0.2) is 48.5 Å². The van der Waals surface area contributed by atoms with Gasteiger partial charge in [0.05, 0.1) is 13.0 Å². The van der Waals surface area contributed by atoms with Gasteiger partial charge in [0.1, 0.15) is 5.75 Å². The molecule has 5 nitrogen and oxygen atoms in total. The number of piperazine rings is 1. The number of ether oxygens (including phenoxy) is 1. The highest BCUT2D eigenvalue weighted by atomic mass is 16.5. The van der Waals surface area contributed by atoms with Gasteiger partial charge in [0, 0.05) is 37.6 Å². The molecule has 1 aliphatic rings. The highest BCUT2D eigenvalue weighted by molar-refractivity contribution is 5.90. The zero-order chi connectivity index (χ0) is 17.5. The monoisotopic (exact) mass is 339 g/mol. The second kappa shape index (κ2) is 8.53. The molecule has 5 heteroatoms. The minimum atomic E-state index is -0.0393. The molecule has 1 aliphatic heterocycles. The molecular formula is C20H25N3O2. The third-order valence-corrected chi connectivity index (χ3v) is 4.22. The number of anilines is 2. The molecule has 25 heavy (non-hydrogen) atoms. The van der Waals surface area contributed by atoms with Gasteiger partial charge in [0.15, 0.2) is 0 Å². The van der Waals surface area contributed by atoms with Crippen LogP contribution in [0.5, 0.6) is 5.75 Å². The van der Waals surface area contributed by atoms with Gasteiger partial charge in [-0.15, -0.1) is 0 Å². The Bertz CT molecular complexity index is 694. The highest BCUT2D eigenvalue weighted by Gasteiger charge is 2.10. The van der Waals surface area contributed by atoms with Crippen molar-refractivity contribution < 1.29 is 9.53 Å². The van der Waals surface area contributed by atoms with Crippen LogP contribution in [0.25, 0.3) is 0 Å². The first-order chi connectivity index (χ1) is 12.2. The number of nitrogens with one attached hydrogen (secondary N) is 2. The van der Waals surface area contributed by atoms with E-state index in [0.717, 1.165) is 43.2 Å². The van der Waals surface area contributed by atoms with E-state index in [1.165, 1.54) is 5.69 Å². The van der Waals surface area contributed by atoms with Gasteiger partial charge in [-0.25, -0.2) is 0 Å². The fraction of sp³-hybridized carbons (Fsp3) is 0.350. The molecule has 0 unspecified atom stereocenters. The normalized spacial score (nSPS) is 14.2. The van der Waals surface area contributed by atoms with Crippen LogP contribution in [-0.2, 0) is 4.79 Å². The molecule has 2 N–H and O–H groups in total. The fourth-order valence-corrected chi connectivity index (χ4v) is 2.87. The number of carbonyl (C=O) groups is 1. The van der Waals surface area contributed by atoms with Crippen LogP contribution in [-0.4, -0.2) is 38.7 Å². The predicted molar refractivity (Wildman–Crippen MR) is 101 cm³/mol. The lowest BCUT2D eigenvalue weighted by molar-refractivity contribution is -0.116. The second-order valence-electron chi connectivity index (χ2n) is 6.25. The van der Waals surface area contributed by atoms with Gasteiger partial charge < -0.3 is 20.3 Å². The summed E-state index contributed by atoms with van der Waals surface area (Å²) in [6.07, 6.45) is 0.327. The second-order valence-corrected chi connectivity index (χ2v) is 6.25. The molecule has 2 aromatic rings. The number of carbonyl (C=O) groups excluding carboxylic acids is 1. The van der Waals surface area contributed by atoms with E-state index in [2.05, 4.69) is 27.7 Å². The van der Waals surface area contributed by atoms with Crippen molar-refractivity contribution in [1.29, 1.82) is 0 Å². The van der Waals surface area contributed by atoms with Crippen LogP contribution in [0.4, 0.5) is 11.4 Å². The summed E-state index contributed by atoms with van der Waals surface area (Å²) in [4.78, 5) is 14.4. The summed E-state index contributed by atoms with van der Waals surface area (Å²) in [5, 5.41) is 6.27. The molecule has 0 radical (unpaired) electrons. The van der Waals surface area contributed by atoms with Crippen molar-refractivity contribution >= 4 is 17.3 Å². The summed E-state index contributed by atoms with van der Waals surface area (Å²) in [5.41, 5.74) is 3.16. The Morgan fingerprint density at radius 2 is 1.92 bits per heavy atom. The zero-order valence-corrected chi connectivity index (χ0v) is 14.6. The molecule has 1 saturated heterocycles. The summed E-state index contributed by atoms with van der Waals surface area (Å²) >= 11 is 0. The Kier molecular flexibility index (Phi) is 5.90. The Morgan fingerprint density at radius 3 is 2.64 bits per heavy atom. The van der Waals surface area contributed by atoms with Crippen molar-refractivity contribution in [2.45, 2.75) is 13.3 Å². The van der Waals surface area contributed by atoms with Crippen LogP contribution in [0.2, 0.25) is 0 Å². The standard InChI is InChI=1S/C20H25N3O2/c1-16-3-2-4-19(15-16)25-14-9-20(24)22-17-5-7-18(8-6-17)23-12-10-21-11-13-23/h2-8,15,21H,9-14H2,1H3,(H,22,24). The Morgan fingerprint density at radius 1 is 1.16 bits per heavy atom. The SMILES string of the molecule is Cc1cccc(OCCC(=O)Nc2ccc(N3CCNCC3)cc2)c1. The summed E-state index contributed by atoms with van der Waals surface area (Å²) in [7, 11) is 0. The molecule has 132 valence electrons. The minimum absolute atomic E-state index is 0.0393. The largest absolute Gasteiger partial charge is 0.493 e. The van der Waals surface area contributed by atoms with Crippen molar-refractivity contribution in [2.75, 3.05) is 43.0 Å². The lowest BCUT2D eigenvalue weighted by Crippen LogP contribution is -2.43. The number of hydrogen-bond acceptors (Lipinski definition) is 4. The molecule has 0 saturated carbocycles. The number of nitrogens with zero attached hydrogens (tertiary/aromatic N) is 1. The van der Waals surface area contributed by atoms with Gasteiger partial charge in [-0.1, -0.05) is 12.1 Å². The average molecular weight is 339 g/mol. The number of hydrogen-bond donors (Lipinski definition) is 2. The molecule has 0 atom stereocenters. The van der Waals surface area contributed by atoms with Crippen molar-refractivity contribution in [3.05, 3.63) is 54.1 Å². The third-order valence-electron chi connectivity index (χ3n) is 4.22. The number of amides is 1. The molecule has 0 aromatic heterocycles. The summed E-state index contributed by atoms with van der Waals surface area (Å²) < 4.78 is 5.62. The van der Waals surface area contributed by atoms with Gasteiger partial charge in [-0.3, -0.25) is 4.79 Å². The van der Waals surface area contributed by atoms with Gasteiger partial charge in [-0.2, -0.15) is 0 Å². The van der Waals surface area contributed by atoms with E-state index >= 15 is 0 Å². The number of aryl methyl sites for hydroxylation is 1. The maximum Gasteiger partial charge on any atom is 0.227 e. The van der Waals surface area contributed by atoms with Crippen molar-refractivity contribution in [3.8, 4) is 5.75 Å². The van der Waals surface area contributed by atoms with E-state index in [9.17, 15) is 4.79 Å². The highest BCUT2D eigenvalue weighted by Crippen LogP contribution is 2.18. The fourth-order valence-electron chi connectivity index (χ4n) is 2.87. The first-order valence-electron chi connectivity index (χ1n) is 8.76. The van der Waals surface area contributed by atoms with Crippen LogP contribution in [0, 0.1) is 6.92 Å². The molecule has 0 spiro atoms. The number of benzene rings is 2. The first-order valence-corrected chi connectivity index (χ1v) is 8.76. The molecule has 1 amide bonds. The van der Waals surface area contributed by atoms with E-state index in [1.807, 2.05) is 43.3 Å². The molecule has 1 heterocycles. The van der Waals surface area contributed by atoms with E-state index in [4.69, 9.17) is 4.74 Å². The molecule has 0 bridgehead atoms. The summed E-state index contributed by atoms with van der Waals surface area (Å²) in [6, 6.07) is 15.9. The number of rotatable bonds is 6. The zero-order valence-electron chi connectivity index (χ0n) is 14.6. The minimum Gasteiger partial charge on any atom is -0.493 e. The van der Waals surface area contributed by atoms with E-state index in [0.29, 0.717) is 13.0 Å². The van der Waals surface area contributed by atoms with E-state index in [1.54, 1.807) is 0 Å². The lowest BCUT2D eigenvalue weighted by atomic mass is 10.2. The maximum atomic E-state index is 12.0. The van der Waals surface area contributed by atoms with Crippen LogP contribution in [0.3, 0.4) is 0 Å². The first kappa shape index (κ1) is 17.3. The lowest BCUT2D eigenvalue weighted by Gasteiger charge is -2.29. The summed E-state index contributed by atoms with van der Waals surface area (Å²) in [6.45, 7) is 6.45. The molecule has 3 rings (SSSR count). The third kappa shape index (κ3) is 5.22. The van der Waals surface area contributed by atoms with Gasteiger partial charge in [-0.05, 0) is 48.9 Å². The molecular weight excluding hydrogens is 314 g/mol. The maximum absolute atomic E-state index is 12.0. The van der Waals surface area contributed by atoms with Crippen molar-refractivity contribution in [2.24, 2.45) is 0 Å². The van der Waals surface area contributed by atoms with E-state index in [-0.39, 0.29) is 5.91 Å². The quantitative estimate of drug-likeness (QED) is 0.850. The van der Waals surface area contributed by atoms with Gasteiger partial charge in [0.25, 0.3) is 0 Å². The molecule has 2 aromatic carbocycles. The van der Waals surface area contributed by atoms with Gasteiger partial charge in [0.2, 0.25) is 5.91 Å². The predicted octanol–water partition coefficient (Wildman–Crippen LogP) is 2.81. The van der Waals surface area contributed by atoms with Crippen molar-refractivity contribution in [3.63, 3.8) is 0 Å². The average Bonchev–Trinajstić information content (AvgIpc) is 2.63. The summed E-state index contributed by atoms with van der Waals surface area (Å²) in [5.74, 6) is 0.760. The Labute approximate surface area is 149 Å². The smallest absolute Gasteiger partial charge is 0.227 e. The topological polar surface area (TPSA) is 53.6 Å². The van der Waals surface area contributed by atoms with Crippen LogP contribution in [0.1, 0.15) is 12.0 Å². The van der Waals surface area contributed by atoms with Gasteiger partial charge >= 0.3 is 0 Å². The van der Waals surface area contributed by atoms with E-state index < -0.39 is 0 Å². The Hall–Kier alpha value is -2.53. The molecule has 0 aliphatic carbocycles. The van der Waals surface area contributed by atoms with Crippen LogP contribution < -0.4 is 20.3 Å². The molecule has 1 fully saturated rings.